The van der Waals surface area contributed by atoms with Gasteiger partial charge in [-0.05, 0) is 36.1 Å². The number of hydrogen-bond donors (Lipinski definition) is 1. The average Bonchev–Trinajstić information content (AvgIpc) is 3.41. The Labute approximate surface area is 210 Å². The van der Waals surface area contributed by atoms with Gasteiger partial charge >= 0.3 is 0 Å². The Morgan fingerprint density at radius 2 is 1.69 bits per heavy atom. The van der Waals surface area contributed by atoms with E-state index in [0.717, 1.165) is 24.0 Å². The van der Waals surface area contributed by atoms with E-state index in [0.29, 0.717) is 23.9 Å². The predicted molar refractivity (Wildman–Crippen MR) is 135 cm³/mol. The summed E-state index contributed by atoms with van der Waals surface area (Å²) in [7, 11) is 0. The minimum Gasteiger partial charge on any atom is -0.482 e. The lowest BCUT2D eigenvalue weighted by Gasteiger charge is -2.32. The van der Waals surface area contributed by atoms with Crippen LogP contribution in [0.3, 0.4) is 0 Å². The highest BCUT2D eigenvalue weighted by molar-refractivity contribution is 6.32. The SMILES string of the molecule is O=C(NCC1CCCO1)C(c1ccccc1)N(Cc1ccccc1)C(=O)COc1ccccc1Cl. The molecule has 1 heterocycles. The van der Waals surface area contributed by atoms with Crippen LogP contribution in [-0.2, 0) is 20.9 Å². The van der Waals surface area contributed by atoms with Crippen molar-refractivity contribution in [1.82, 2.24) is 10.2 Å². The van der Waals surface area contributed by atoms with Crippen molar-refractivity contribution < 1.29 is 19.1 Å². The topological polar surface area (TPSA) is 67.9 Å². The zero-order valence-corrected chi connectivity index (χ0v) is 20.2. The van der Waals surface area contributed by atoms with Gasteiger partial charge in [0.15, 0.2) is 6.61 Å². The third-order valence-corrected chi connectivity index (χ3v) is 6.22. The van der Waals surface area contributed by atoms with E-state index in [4.69, 9.17) is 21.1 Å². The van der Waals surface area contributed by atoms with Crippen molar-refractivity contribution in [3.63, 3.8) is 0 Å². The summed E-state index contributed by atoms with van der Waals surface area (Å²) < 4.78 is 11.4. The van der Waals surface area contributed by atoms with Gasteiger partial charge in [0.25, 0.3) is 5.91 Å². The van der Waals surface area contributed by atoms with Crippen LogP contribution in [0.4, 0.5) is 0 Å². The molecule has 0 radical (unpaired) electrons. The van der Waals surface area contributed by atoms with Crippen LogP contribution in [0.5, 0.6) is 5.75 Å². The number of rotatable bonds is 10. The molecule has 4 rings (SSSR count). The molecule has 0 aromatic heterocycles. The van der Waals surface area contributed by atoms with Crippen molar-refractivity contribution >= 4 is 23.4 Å². The quantitative estimate of drug-likeness (QED) is 0.442. The average molecular weight is 493 g/mol. The molecule has 1 fully saturated rings. The minimum atomic E-state index is -0.833. The maximum atomic E-state index is 13.6. The monoisotopic (exact) mass is 492 g/mol. The first kappa shape index (κ1) is 24.8. The van der Waals surface area contributed by atoms with Crippen LogP contribution in [0.25, 0.3) is 0 Å². The Morgan fingerprint density at radius 1 is 1.00 bits per heavy atom. The normalized spacial score (nSPS) is 15.9. The number of para-hydroxylation sites is 1. The molecular formula is C28H29ClN2O4. The van der Waals surface area contributed by atoms with Crippen LogP contribution in [-0.4, -0.2) is 42.6 Å². The Balaban J connectivity index is 1.60. The summed E-state index contributed by atoms with van der Waals surface area (Å²) in [4.78, 5) is 28.7. The largest absolute Gasteiger partial charge is 0.482 e. The number of hydrogen-bond acceptors (Lipinski definition) is 4. The van der Waals surface area contributed by atoms with Crippen LogP contribution in [0, 0.1) is 0 Å². The van der Waals surface area contributed by atoms with Crippen LogP contribution >= 0.6 is 11.6 Å². The van der Waals surface area contributed by atoms with Gasteiger partial charge in [-0.25, -0.2) is 0 Å². The molecule has 0 aliphatic carbocycles. The molecule has 35 heavy (non-hydrogen) atoms. The molecule has 2 unspecified atom stereocenters. The van der Waals surface area contributed by atoms with Gasteiger partial charge in [0.1, 0.15) is 11.8 Å². The molecule has 7 heteroatoms. The molecule has 3 aromatic rings. The van der Waals surface area contributed by atoms with E-state index in [-0.39, 0.29) is 31.1 Å². The van der Waals surface area contributed by atoms with Gasteiger partial charge in [0, 0.05) is 19.7 Å². The molecule has 1 aliphatic heterocycles. The highest BCUT2D eigenvalue weighted by Crippen LogP contribution is 2.26. The number of amides is 2. The zero-order valence-electron chi connectivity index (χ0n) is 19.4. The van der Waals surface area contributed by atoms with E-state index in [1.807, 2.05) is 60.7 Å². The van der Waals surface area contributed by atoms with E-state index in [1.54, 1.807) is 29.2 Å². The highest BCUT2D eigenvalue weighted by atomic mass is 35.5. The van der Waals surface area contributed by atoms with Crippen molar-refractivity contribution in [3.8, 4) is 5.75 Å². The van der Waals surface area contributed by atoms with Crippen molar-refractivity contribution in [2.45, 2.75) is 31.5 Å². The van der Waals surface area contributed by atoms with Gasteiger partial charge in [0.2, 0.25) is 5.91 Å². The zero-order chi connectivity index (χ0) is 24.5. The third-order valence-electron chi connectivity index (χ3n) is 5.91. The second-order valence-electron chi connectivity index (χ2n) is 8.42. The molecule has 0 spiro atoms. The number of nitrogens with zero attached hydrogens (tertiary/aromatic N) is 1. The first-order valence-electron chi connectivity index (χ1n) is 11.8. The maximum absolute atomic E-state index is 13.6. The molecule has 2 amide bonds. The summed E-state index contributed by atoms with van der Waals surface area (Å²) in [6, 6.07) is 25.1. The number of halogens is 1. The van der Waals surface area contributed by atoms with E-state index in [1.165, 1.54) is 0 Å². The van der Waals surface area contributed by atoms with Gasteiger partial charge in [-0.15, -0.1) is 0 Å². The first-order chi connectivity index (χ1) is 17.1. The predicted octanol–water partition coefficient (Wildman–Crippen LogP) is 4.78. The summed E-state index contributed by atoms with van der Waals surface area (Å²) in [6.07, 6.45) is 1.90. The Morgan fingerprint density at radius 3 is 2.37 bits per heavy atom. The van der Waals surface area contributed by atoms with Crippen molar-refractivity contribution in [1.29, 1.82) is 0 Å². The number of carbonyl (C=O) groups is 2. The second kappa shape index (κ2) is 12.4. The number of nitrogens with one attached hydrogen (secondary N) is 1. The molecule has 0 bridgehead atoms. The van der Waals surface area contributed by atoms with E-state index in [9.17, 15) is 9.59 Å². The fraction of sp³-hybridized carbons (Fsp3) is 0.286. The van der Waals surface area contributed by atoms with E-state index in [2.05, 4.69) is 5.32 Å². The molecule has 6 nitrogen and oxygen atoms in total. The van der Waals surface area contributed by atoms with Gasteiger partial charge in [0.05, 0.1) is 11.1 Å². The van der Waals surface area contributed by atoms with Gasteiger partial charge in [-0.2, -0.15) is 0 Å². The van der Waals surface area contributed by atoms with E-state index < -0.39 is 6.04 Å². The van der Waals surface area contributed by atoms with E-state index >= 15 is 0 Å². The Bertz CT molecular complexity index is 1100. The summed E-state index contributed by atoms with van der Waals surface area (Å²) >= 11 is 6.20. The number of benzene rings is 3. The molecule has 0 saturated carbocycles. The first-order valence-corrected chi connectivity index (χ1v) is 12.1. The molecule has 3 aromatic carbocycles. The lowest BCUT2D eigenvalue weighted by Crippen LogP contribution is -2.46. The summed E-state index contributed by atoms with van der Waals surface area (Å²) in [5.74, 6) is -0.162. The van der Waals surface area contributed by atoms with Crippen LogP contribution in [0.2, 0.25) is 5.02 Å². The molecule has 182 valence electrons. The van der Waals surface area contributed by atoms with Gasteiger partial charge in [-0.1, -0.05) is 84.4 Å². The summed E-state index contributed by atoms with van der Waals surface area (Å²) in [5.41, 5.74) is 1.63. The fourth-order valence-electron chi connectivity index (χ4n) is 4.11. The molecule has 1 aliphatic rings. The van der Waals surface area contributed by atoms with Crippen molar-refractivity contribution in [2.75, 3.05) is 19.8 Å². The smallest absolute Gasteiger partial charge is 0.261 e. The number of ether oxygens (including phenoxy) is 2. The van der Waals surface area contributed by atoms with Crippen molar-refractivity contribution in [2.24, 2.45) is 0 Å². The second-order valence-corrected chi connectivity index (χ2v) is 8.83. The molecule has 1 saturated heterocycles. The highest BCUT2D eigenvalue weighted by Gasteiger charge is 2.32. The lowest BCUT2D eigenvalue weighted by atomic mass is 10.0. The molecule has 1 N–H and O–H groups in total. The minimum absolute atomic E-state index is 0.00259. The van der Waals surface area contributed by atoms with Crippen molar-refractivity contribution in [3.05, 3.63) is 101 Å². The van der Waals surface area contributed by atoms with Gasteiger partial charge < -0.3 is 19.7 Å². The maximum Gasteiger partial charge on any atom is 0.261 e. The molecular weight excluding hydrogens is 464 g/mol. The Hall–Kier alpha value is -3.35. The van der Waals surface area contributed by atoms with Crippen LogP contribution in [0.1, 0.15) is 30.0 Å². The van der Waals surface area contributed by atoms with Crippen LogP contribution in [0.15, 0.2) is 84.9 Å². The lowest BCUT2D eigenvalue weighted by molar-refractivity contribution is -0.143. The van der Waals surface area contributed by atoms with Crippen LogP contribution < -0.4 is 10.1 Å². The third kappa shape index (κ3) is 6.84. The summed E-state index contributed by atoms with van der Waals surface area (Å²) in [6.45, 7) is 1.11. The summed E-state index contributed by atoms with van der Waals surface area (Å²) in [5, 5.41) is 3.43. The Kier molecular flexibility index (Phi) is 8.76. The fourth-order valence-corrected chi connectivity index (χ4v) is 4.30. The van der Waals surface area contributed by atoms with Gasteiger partial charge in [-0.3, -0.25) is 9.59 Å². The molecule has 2 atom stereocenters. The number of carbonyl (C=O) groups excluding carboxylic acids is 2. The standard InChI is InChI=1S/C28H29ClN2O4/c29-24-15-7-8-16-25(24)35-20-26(32)31(19-21-10-3-1-4-11-21)27(22-12-5-2-6-13-22)28(33)30-18-23-14-9-17-34-23/h1-8,10-13,15-16,23,27H,9,14,17-20H2,(H,30,33).